The van der Waals surface area contributed by atoms with E-state index in [4.69, 9.17) is 4.89 Å². The van der Waals surface area contributed by atoms with Crippen molar-refractivity contribution in [3.8, 4) is 0 Å². The van der Waals surface area contributed by atoms with Crippen molar-refractivity contribution in [2.45, 2.75) is 13.3 Å². The fourth-order valence-corrected chi connectivity index (χ4v) is 1.23. The average molecular weight is 169 g/mol. The van der Waals surface area contributed by atoms with Gasteiger partial charge >= 0.3 is 0 Å². The van der Waals surface area contributed by atoms with Crippen LogP contribution in [-0.2, 0) is 16.3 Å². The van der Waals surface area contributed by atoms with E-state index in [2.05, 4.69) is 21.4 Å². The summed E-state index contributed by atoms with van der Waals surface area (Å²) in [5, 5.41) is 2.72. The fraction of sp³-hybridized carbons (Fsp3) is 1.00. The van der Waals surface area contributed by atoms with E-state index in [9.17, 15) is 0 Å². The van der Waals surface area contributed by atoms with Crippen molar-refractivity contribution in [3.63, 3.8) is 0 Å². The van der Waals surface area contributed by atoms with E-state index in [1.165, 1.54) is 7.11 Å². The monoisotopic (exact) mass is 169 g/mol. The second-order valence-electron chi connectivity index (χ2n) is 1.61. The summed E-state index contributed by atoms with van der Waals surface area (Å²) in [7, 11) is 1.41. The first-order valence-corrected chi connectivity index (χ1v) is 5.43. The Labute approximate surface area is 60.6 Å². The molecule has 0 radical (unpaired) electrons. The van der Waals surface area contributed by atoms with Gasteiger partial charge in [-0.3, -0.25) is 0 Å². The number of nitrogens with one attached hydrogen (secondary N) is 1. The molecule has 0 bridgehead atoms. The van der Waals surface area contributed by atoms with Crippen molar-refractivity contribution >= 4 is 18.4 Å². The number of hydrogen-bond donors (Lipinski definition) is 2. The predicted molar refractivity (Wildman–Crippen MR) is 41.8 cm³/mol. The first-order valence-electron chi connectivity index (χ1n) is 2.76. The molecule has 0 aliphatic rings. The molecule has 0 rings (SSSR count). The highest BCUT2D eigenvalue weighted by atomic mass is 32.5. The van der Waals surface area contributed by atoms with Crippen molar-refractivity contribution in [2.24, 2.45) is 0 Å². The third-order valence-corrected chi connectivity index (χ3v) is 2.76. The summed E-state index contributed by atoms with van der Waals surface area (Å²) >= 11 is 4.64. The molecular formula is C4H12NO2PS. The van der Waals surface area contributed by atoms with Crippen LogP contribution in [0.25, 0.3) is 0 Å². The topological polar surface area (TPSA) is 41.5 Å². The van der Waals surface area contributed by atoms with Crippen molar-refractivity contribution in [3.05, 3.63) is 0 Å². The van der Waals surface area contributed by atoms with Crippen LogP contribution in [-0.4, -0.2) is 18.5 Å². The maximum atomic E-state index is 9.05. The molecule has 0 amide bonds. The van der Waals surface area contributed by atoms with Crippen molar-refractivity contribution < 1.29 is 9.42 Å². The zero-order chi connectivity index (χ0) is 7.33. The molecule has 0 aromatic rings. The third kappa shape index (κ3) is 5.00. The lowest BCUT2D eigenvalue weighted by molar-refractivity contribution is 0.375. The molecule has 0 heterocycles. The molecule has 0 saturated carbocycles. The van der Waals surface area contributed by atoms with Crippen LogP contribution in [0.1, 0.15) is 13.3 Å². The van der Waals surface area contributed by atoms with E-state index < -0.39 is 6.64 Å². The van der Waals surface area contributed by atoms with E-state index in [1.807, 2.05) is 6.92 Å². The molecule has 2 N–H and O–H groups in total. The minimum Gasteiger partial charge on any atom is -0.334 e. The standard InChI is InChI=1S/C4H12NO2PS/c1-3-4-5-8(6,9)7-2/h3-4H2,1-2H3,(H2,5,6,9). The molecule has 3 nitrogen and oxygen atoms in total. The maximum Gasteiger partial charge on any atom is 0.258 e. The Kier molecular flexibility index (Phi) is 4.62. The van der Waals surface area contributed by atoms with Gasteiger partial charge in [0.15, 0.2) is 0 Å². The molecule has 9 heavy (non-hydrogen) atoms. The number of hydrogen-bond acceptors (Lipinski definition) is 2. The maximum absolute atomic E-state index is 9.05. The summed E-state index contributed by atoms with van der Waals surface area (Å²) in [6, 6.07) is 0. The molecule has 0 aliphatic carbocycles. The van der Waals surface area contributed by atoms with Gasteiger partial charge < -0.3 is 9.42 Å². The zero-order valence-electron chi connectivity index (χ0n) is 5.63. The second-order valence-corrected chi connectivity index (χ2v) is 4.82. The Bertz CT molecular complexity index is 119. The van der Waals surface area contributed by atoms with Crippen LogP contribution in [0.2, 0.25) is 0 Å². The van der Waals surface area contributed by atoms with Gasteiger partial charge in [0.25, 0.3) is 6.64 Å². The van der Waals surface area contributed by atoms with Crippen LogP contribution in [0, 0.1) is 0 Å². The van der Waals surface area contributed by atoms with Gasteiger partial charge in [0, 0.05) is 13.7 Å². The minimum absolute atomic E-state index is 0.710. The average Bonchev–Trinajstić information content (AvgIpc) is 1.84. The molecule has 56 valence electrons. The molecule has 0 fully saturated rings. The number of rotatable bonds is 4. The second kappa shape index (κ2) is 4.36. The molecule has 0 spiro atoms. The Morgan fingerprint density at radius 1 is 1.78 bits per heavy atom. The van der Waals surface area contributed by atoms with E-state index in [-0.39, 0.29) is 0 Å². The van der Waals surface area contributed by atoms with Gasteiger partial charge in [0.05, 0.1) is 0 Å². The highest BCUT2D eigenvalue weighted by molar-refractivity contribution is 8.08. The fourth-order valence-electron chi connectivity index (χ4n) is 0.318. The Balaban J connectivity index is 3.46. The molecular weight excluding hydrogens is 157 g/mol. The molecule has 0 aromatic heterocycles. The van der Waals surface area contributed by atoms with Crippen LogP contribution in [0.5, 0.6) is 0 Å². The molecule has 5 heteroatoms. The largest absolute Gasteiger partial charge is 0.334 e. The van der Waals surface area contributed by atoms with Crippen LogP contribution in [0.3, 0.4) is 0 Å². The lowest BCUT2D eigenvalue weighted by Gasteiger charge is -2.12. The van der Waals surface area contributed by atoms with Gasteiger partial charge in [-0.15, -0.1) is 0 Å². The zero-order valence-corrected chi connectivity index (χ0v) is 7.34. The van der Waals surface area contributed by atoms with Gasteiger partial charge in [-0.2, -0.15) is 0 Å². The first kappa shape index (κ1) is 9.53. The molecule has 0 aromatic carbocycles. The van der Waals surface area contributed by atoms with Gasteiger partial charge in [-0.25, -0.2) is 5.09 Å². The molecule has 1 unspecified atom stereocenters. The van der Waals surface area contributed by atoms with Crippen molar-refractivity contribution in [1.82, 2.24) is 5.09 Å². The van der Waals surface area contributed by atoms with E-state index in [1.54, 1.807) is 0 Å². The smallest absolute Gasteiger partial charge is 0.258 e. The molecule has 1 atom stereocenters. The summed E-state index contributed by atoms with van der Waals surface area (Å²) in [4.78, 5) is 9.05. The first-order chi connectivity index (χ1) is 4.12. The molecule has 0 aliphatic heterocycles. The Morgan fingerprint density at radius 3 is 2.67 bits per heavy atom. The van der Waals surface area contributed by atoms with Crippen molar-refractivity contribution in [1.29, 1.82) is 0 Å². The van der Waals surface area contributed by atoms with E-state index >= 15 is 0 Å². The highest BCUT2D eigenvalue weighted by Gasteiger charge is 2.07. The summed E-state index contributed by atoms with van der Waals surface area (Å²) in [6.07, 6.45) is 0.947. The lowest BCUT2D eigenvalue weighted by atomic mass is 10.5. The SMILES string of the molecule is CCCNP(O)(=S)OC. The van der Waals surface area contributed by atoms with Gasteiger partial charge in [-0.05, 0) is 18.2 Å². The summed E-state index contributed by atoms with van der Waals surface area (Å²) in [5.74, 6) is 0. The lowest BCUT2D eigenvalue weighted by Crippen LogP contribution is -2.11. The highest BCUT2D eigenvalue weighted by Crippen LogP contribution is 2.35. The van der Waals surface area contributed by atoms with Gasteiger partial charge in [-0.1, -0.05) is 6.92 Å². The van der Waals surface area contributed by atoms with Gasteiger partial charge in [0.2, 0.25) is 0 Å². The summed E-state index contributed by atoms with van der Waals surface area (Å²) in [6.45, 7) is 0.101. The van der Waals surface area contributed by atoms with Crippen LogP contribution in [0.4, 0.5) is 0 Å². The summed E-state index contributed by atoms with van der Waals surface area (Å²) in [5.41, 5.74) is 0. The Morgan fingerprint density at radius 2 is 2.33 bits per heavy atom. The van der Waals surface area contributed by atoms with E-state index in [0.29, 0.717) is 6.54 Å². The van der Waals surface area contributed by atoms with Crippen LogP contribution >= 0.6 is 6.64 Å². The summed E-state index contributed by atoms with van der Waals surface area (Å²) < 4.78 is 4.61. The molecule has 0 saturated heterocycles. The van der Waals surface area contributed by atoms with Crippen molar-refractivity contribution in [2.75, 3.05) is 13.7 Å². The van der Waals surface area contributed by atoms with Crippen LogP contribution < -0.4 is 5.09 Å². The minimum atomic E-state index is -2.61. The normalized spacial score (nSPS) is 17.2. The van der Waals surface area contributed by atoms with Crippen LogP contribution in [0.15, 0.2) is 0 Å². The van der Waals surface area contributed by atoms with E-state index in [0.717, 1.165) is 6.42 Å². The third-order valence-electron chi connectivity index (χ3n) is 0.809. The predicted octanol–water partition coefficient (Wildman–Crippen LogP) is 0.849. The quantitative estimate of drug-likeness (QED) is 0.612. The Hall–Kier alpha value is 0.530. The van der Waals surface area contributed by atoms with Gasteiger partial charge in [0.1, 0.15) is 0 Å².